The summed E-state index contributed by atoms with van der Waals surface area (Å²) in [6, 6.07) is 9.72. The van der Waals surface area contributed by atoms with Gasteiger partial charge in [0, 0.05) is 5.56 Å². The molecular formula is C15H11FO4. The first kappa shape index (κ1) is 13.7. The van der Waals surface area contributed by atoms with Crippen LogP contribution in [0.15, 0.2) is 42.5 Å². The van der Waals surface area contributed by atoms with Gasteiger partial charge in [0.2, 0.25) is 0 Å². The molecule has 102 valence electrons. The third-order valence-electron chi connectivity index (χ3n) is 2.71. The molecule has 20 heavy (non-hydrogen) atoms. The molecule has 0 aliphatic carbocycles. The van der Waals surface area contributed by atoms with E-state index in [4.69, 9.17) is 4.74 Å². The number of ether oxygens (including phenoxy) is 2. The summed E-state index contributed by atoms with van der Waals surface area (Å²) >= 11 is 0. The Morgan fingerprint density at radius 2 is 1.85 bits per heavy atom. The van der Waals surface area contributed by atoms with E-state index in [1.807, 2.05) is 0 Å². The van der Waals surface area contributed by atoms with Gasteiger partial charge < -0.3 is 9.47 Å². The molecule has 0 amide bonds. The van der Waals surface area contributed by atoms with E-state index in [0.29, 0.717) is 11.3 Å². The van der Waals surface area contributed by atoms with Crippen molar-refractivity contribution < 1.29 is 23.5 Å². The molecule has 0 heterocycles. The minimum atomic E-state index is -0.583. The van der Waals surface area contributed by atoms with Crippen molar-refractivity contribution in [2.75, 3.05) is 7.11 Å². The number of carbonyl (C=O) groups excluding carboxylic acids is 2. The quantitative estimate of drug-likeness (QED) is 0.621. The van der Waals surface area contributed by atoms with Crippen LogP contribution in [-0.4, -0.2) is 19.4 Å². The van der Waals surface area contributed by atoms with E-state index in [-0.39, 0.29) is 17.8 Å². The molecule has 0 bridgehead atoms. The standard InChI is InChI=1S/C15H11FO4/c1-19-12-5-2-10(3-6-12)15(18)13-8-11(16)4-7-14(13)20-9-17/h2-9H,1H3. The molecular weight excluding hydrogens is 263 g/mol. The fourth-order valence-electron chi connectivity index (χ4n) is 1.73. The Hall–Kier alpha value is -2.69. The summed E-state index contributed by atoms with van der Waals surface area (Å²) in [5, 5.41) is 0. The fraction of sp³-hybridized carbons (Fsp3) is 0.0667. The van der Waals surface area contributed by atoms with E-state index < -0.39 is 11.6 Å². The van der Waals surface area contributed by atoms with E-state index in [0.717, 1.165) is 12.1 Å². The maximum atomic E-state index is 13.3. The number of methoxy groups -OCH3 is 1. The van der Waals surface area contributed by atoms with Gasteiger partial charge in [-0.05, 0) is 42.5 Å². The van der Waals surface area contributed by atoms with E-state index in [2.05, 4.69) is 4.74 Å². The lowest BCUT2D eigenvalue weighted by Gasteiger charge is -2.07. The SMILES string of the molecule is COc1ccc(C(=O)c2cc(F)ccc2OC=O)cc1. The second-order valence-corrected chi connectivity index (χ2v) is 3.91. The molecule has 0 atom stereocenters. The second kappa shape index (κ2) is 5.97. The third kappa shape index (κ3) is 2.83. The molecule has 0 saturated heterocycles. The third-order valence-corrected chi connectivity index (χ3v) is 2.71. The fourth-order valence-corrected chi connectivity index (χ4v) is 1.73. The maximum Gasteiger partial charge on any atom is 0.298 e. The maximum absolute atomic E-state index is 13.3. The van der Waals surface area contributed by atoms with Crippen LogP contribution < -0.4 is 9.47 Å². The molecule has 0 unspecified atom stereocenters. The first-order chi connectivity index (χ1) is 9.65. The van der Waals surface area contributed by atoms with Crippen LogP contribution in [0.25, 0.3) is 0 Å². The summed E-state index contributed by atoms with van der Waals surface area (Å²) in [5.74, 6) is -0.406. The van der Waals surface area contributed by atoms with Crippen molar-refractivity contribution in [1.82, 2.24) is 0 Å². The van der Waals surface area contributed by atoms with Gasteiger partial charge in [-0.25, -0.2) is 4.39 Å². The van der Waals surface area contributed by atoms with E-state index in [9.17, 15) is 14.0 Å². The Morgan fingerprint density at radius 3 is 2.45 bits per heavy atom. The Balaban J connectivity index is 2.40. The lowest BCUT2D eigenvalue weighted by atomic mass is 10.0. The summed E-state index contributed by atoms with van der Waals surface area (Å²) in [6.07, 6.45) is 0. The first-order valence-corrected chi connectivity index (χ1v) is 5.74. The summed E-state index contributed by atoms with van der Waals surface area (Å²) in [4.78, 5) is 22.7. The highest BCUT2D eigenvalue weighted by Crippen LogP contribution is 2.23. The highest BCUT2D eigenvalue weighted by atomic mass is 19.1. The summed E-state index contributed by atoms with van der Waals surface area (Å²) < 4.78 is 22.9. The lowest BCUT2D eigenvalue weighted by Crippen LogP contribution is -2.05. The minimum absolute atomic E-state index is 0.0118. The minimum Gasteiger partial charge on any atom is -0.497 e. The predicted molar refractivity (Wildman–Crippen MR) is 69.5 cm³/mol. The zero-order chi connectivity index (χ0) is 14.5. The van der Waals surface area contributed by atoms with Crippen molar-refractivity contribution in [3.05, 3.63) is 59.4 Å². The largest absolute Gasteiger partial charge is 0.497 e. The number of hydrogen-bond donors (Lipinski definition) is 0. The average Bonchev–Trinajstić information content (AvgIpc) is 2.48. The van der Waals surface area contributed by atoms with Gasteiger partial charge in [0.25, 0.3) is 6.47 Å². The van der Waals surface area contributed by atoms with Crippen LogP contribution in [0.3, 0.4) is 0 Å². The summed E-state index contributed by atoms with van der Waals surface area (Å²) in [7, 11) is 1.51. The predicted octanol–water partition coefficient (Wildman–Crippen LogP) is 2.60. The van der Waals surface area contributed by atoms with Gasteiger partial charge in [0.1, 0.15) is 17.3 Å². The van der Waals surface area contributed by atoms with Crippen LogP contribution >= 0.6 is 0 Å². The van der Waals surface area contributed by atoms with Gasteiger partial charge in [-0.2, -0.15) is 0 Å². The topological polar surface area (TPSA) is 52.6 Å². The number of hydrogen-bond acceptors (Lipinski definition) is 4. The van der Waals surface area contributed by atoms with E-state index >= 15 is 0 Å². The van der Waals surface area contributed by atoms with Crippen molar-refractivity contribution in [3.8, 4) is 11.5 Å². The molecule has 0 saturated carbocycles. The summed E-state index contributed by atoms with van der Waals surface area (Å²) in [6.45, 7) is 0.192. The average molecular weight is 274 g/mol. The molecule has 0 radical (unpaired) electrons. The Morgan fingerprint density at radius 1 is 1.15 bits per heavy atom. The smallest absolute Gasteiger partial charge is 0.298 e. The second-order valence-electron chi connectivity index (χ2n) is 3.91. The van der Waals surface area contributed by atoms with Gasteiger partial charge in [-0.3, -0.25) is 9.59 Å². The molecule has 2 aromatic rings. The van der Waals surface area contributed by atoms with E-state index in [1.54, 1.807) is 24.3 Å². The van der Waals surface area contributed by atoms with Crippen LogP contribution in [0, 0.1) is 5.82 Å². The van der Waals surface area contributed by atoms with Gasteiger partial charge in [0.15, 0.2) is 5.78 Å². The molecule has 0 aromatic heterocycles. The van der Waals surface area contributed by atoms with Crippen LogP contribution in [0.2, 0.25) is 0 Å². The van der Waals surface area contributed by atoms with Crippen LogP contribution in [0.5, 0.6) is 11.5 Å². The van der Waals surface area contributed by atoms with Crippen LogP contribution in [0.4, 0.5) is 4.39 Å². The monoisotopic (exact) mass is 274 g/mol. The number of ketones is 1. The summed E-state index contributed by atoms with van der Waals surface area (Å²) in [5.41, 5.74) is 0.328. The normalized spacial score (nSPS) is 9.90. The molecule has 4 nitrogen and oxygen atoms in total. The molecule has 2 aromatic carbocycles. The molecule has 0 spiro atoms. The molecule has 0 fully saturated rings. The molecule has 0 N–H and O–H groups in total. The highest BCUT2D eigenvalue weighted by Gasteiger charge is 2.16. The van der Waals surface area contributed by atoms with Gasteiger partial charge in [-0.1, -0.05) is 0 Å². The molecule has 0 aliphatic rings. The molecule has 0 aliphatic heterocycles. The molecule has 2 rings (SSSR count). The van der Waals surface area contributed by atoms with Gasteiger partial charge in [0.05, 0.1) is 12.7 Å². The number of carbonyl (C=O) groups is 2. The Labute approximate surface area is 114 Å². The highest BCUT2D eigenvalue weighted by molar-refractivity contribution is 6.10. The first-order valence-electron chi connectivity index (χ1n) is 5.74. The molecule has 5 heteroatoms. The Kier molecular flexibility index (Phi) is 4.10. The van der Waals surface area contributed by atoms with Crippen molar-refractivity contribution in [2.45, 2.75) is 0 Å². The lowest BCUT2D eigenvalue weighted by molar-refractivity contribution is -0.120. The van der Waals surface area contributed by atoms with E-state index in [1.165, 1.54) is 13.2 Å². The van der Waals surface area contributed by atoms with Crippen molar-refractivity contribution in [2.24, 2.45) is 0 Å². The van der Waals surface area contributed by atoms with Crippen molar-refractivity contribution >= 4 is 12.3 Å². The number of rotatable bonds is 5. The van der Waals surface area contributed by atoms with Gasteiger partial charge >= 0.3 is 0 Å². The van der Waals surface area contributed by atoms with Crippen LogP contribution in [-0.2, 0) is 4.79 Å². The van der Waals surface area contributed by atoms with Crippen molar-refractivity contribution in [1.29, 1.82) is 0 Å². The van der Waals surface area contributed by atoms with Crippen molar-refractivity contribution in [3.63, 3.8) is 0 Å². The van der Waals surface area contributed by atoms with Crippen LogP contribution in [0.1, 0.15) is 15.9 Å². The zero-order valence-corrected chi connectivity index (χ0v) is 10.6. The van der Waals surface area contributed by atoms with Gasteiger partial charge in [-0.15, -0.1) is 0 Å². The zero-order valence-electron chi connectivity index (χ0n) is 10.6. The number of halogens is 1. The number of benzene rings is 2. The Bertz CT molecular complexity index is 635.